The maximum atomic E-state index is 13.1. The first-order valence-corrected chi connectivity index (χ1v) is 12.0. The van der Waals surface area contributed by atoms with Crippen LogP contribution in [-0.2, 0) is 16.6 Å². The minimum absolute atomic E-state index is 0.0326. The first kappa shape index (κ1) is 23.4. The summed E-state index contributed by atoms with van der Waals surface area (Å²) < 4.78 is 38.2. The zero-order chi connectivity index (χ0) is 22.4. The first-order valence-electron chi connectivity index (χ1n) is 10.2. The molecular weight excluding hydrogens is 440 g/mol. The topological polar surface area (TPSA) is 84.9 Å². The molecule has 0 aliphatic carbocycles. The van der Waals surface area contributed by atoms with E-state index in [-0.39, 0.29) is 22.0 Å². The lowest BCUT2D eigenvalue weighted by molar-refractivity contribution is 0.0950. The second kappa shape index (κ2) is 10.3. The maximum absolute atomic E-state index is 13.1. The van der Waals surface area contributed by atoms with Crippen LogP contribution in [0.1, 0.15) is 41.6 Å². The Labute approximate surface area is 188 Å². The molecule has 1 saturated heterocycles. The number of carbonyl (C=O) groups is 1. The normalized spacial score (nSPS) is 15.2. The Kier molecular flexibility index (Phi) is 7.80. The molecule has 9 heteroatoms. The SMILES string of the molecule is COc1ccc(CNC(=O)c2ccc(Cl)c(S(=O)(=O)N3CCCCCC3)c2)cc1OC. The van der Waals surface area contributed by atoms with Crippen molar-refractivity contribution in [1.82, 2.24) is 9.62 Å². The predicted molar refractivity (Wildman–Crippen MR) is 119 cm³/mol. The molecule has 0 unspecified atom stereocenters. The molecule has 1 N–H and O–H groups in total. The Morgan fingerprint density at radius 1 is 1.00 bits per heavy atom. The van der Waals surface area contributed by atoms with Gasteiger partial charge in [-0.25, -0.2) is 8.42 Å². The third kappa shape index (κ3) is 5.50. The molecule has 1 heterocycles. The number of ether oxygens (including phenoxy) is 2. The lowest BCUT2D eigenvalue weighted by Crippen LogP contribution is -2.32. The summed E-state index contributed by atoms with van der Waals surface area (Å²) in [5.41, 5.74) is 1.05. The van der Waals surface area contributed by atoms with E-state index in [9.17, 15) is 13.2 Å². The van der Waals surface area contributed by atoms with Crippen LogP contribution in [0.2, 0.25) is 5.02 Å². The molecule has 1 amide bonds. The quantitative estimate of drug-likeness (QED) is 0.669. The van der Waals surface area contributed by atoms with Gasteiger partial charge < -0.3 is 14.8 Å². The first-order chi connectivity index (χ1) is 14.9. The number of hydrogen-bond acceptors (Lipinski definition) is 5. The van der Waals surface area contributed by atoms with Gasteiger partial charge in [0.15, 0.2) is 11.5 Å². The molecule has 2 aromatic carbocycles. The molecule has 0 atom stereocenters. The second-order valence-corrected chi connectivity index (χ2v) is 9.65. The van der Waals surface area contributed by atoms with Crippen LogP contribution in [0.4, 0.5) is 0 Å². The molecule has 1 aliphatic rings. The average molecular weight is 467 g/mol. The van der Waals surface area contributed by atoms with Gasteiger partial charge in [0, 0.05) is 25.2 Å². The number of nitrogens with zero attached hydrogens (tertiary/aromatic N) is 1. The minimum Gasteiger partial charge on any atom is -0.493 e. The van der Waals surface area contributed by atoms with E-state index < -0.39 is 15.9 Å². The minimum atomic E-state index is -3.76. The monoisotopic (exact) mass is 466 g/mol. The van der Waals surface area contributed by atoms with Crippen molar-refractivity contribution in [2.45, 2.75) is 37.1 Å². The summed E-state index contributed by atoms with van der Waals surface area (Å²) >= 11 is 6.22. The molecule has 7 nitrogen and oxygen atoms in total. The highest BCUT2D eigenvalue weighted by molar-refractivity contribution is 7.89. The van der Waals surface area contributed by atoms with E-state index in [0.29, 0.717) is 24.6 Å². The number of hydrogen-bond donors (Lipinski definition) is 1. The van der Waals surface area contributed by atoms with E-state index in [1.165, 1.54) is 22.5 Å². The summed E-state index contributed by atoms with van der Waals surface area (Å²) in [5, 5.41) is 2.92. The summed E-state index contributed by atoms with van der Waals surface area (Å²) in [5.74, 6) is 0.768. The summed E-state index contributed by atoms with van der Waals surface area (Å²) in [6.07, 6.45) is 3.67. The van der Waals surface area contributed by atoms with Crippen LogP contribution in [0, 0.1) is 0 Å². The van der Waals surface area contributed by atoms with E-state index >= 15 is 0 Å². The highest BCUT2D eigenvalue weighted by Crippen LogP contribution is 2.29. The van der Waals surface area contributed by atoms with Gasteiger partial charge in [-0.15, -0.1) is 0 Å². The van der Waals surface area contributed by atoms with Gasteiger partial charge in [0.1, 0.15) is 4.90 Å². The van der Waals surface area contributed by atoms with Gasteiger partial charge in [0.05, 0.1) is 19.2 Å². The fourth-order valence-corrected chi connectivity index (χ4v) is 5.56. The number of benzene rings is 2. The molecule has 0 spiro atoms. The van der Waals surface area contributed by atoms with E-state index in [0.717, 1.165) is 31.2 Å². The molecule has 0 radical (unpaired) electrons. The highest BCUT2D eigenvalue weighted by atomic mass is 35.5. The molecule has 0 saturated carbocycles. The van der Waals surface area contributed by atoms with Gasteiger partial charge in [0.2, 0.25) is 10.0 Å². The van der Waals surface area contributed by atoms with Crippen LogP contribution in [-0.4, -0.2) is 45.9 Å². The largest absolute Gasteiger partial charge is 0.493 e. The molecule has 31 heavy (non-hydrogen) atoms. The zero-order valence-corrected chi connectivity index (χ0v) is 19.3. The van der Waals surface area contributed by atoms with Crippen LogP contribution in [0.3, 0.4) is 0 Å². The predicted octanol–water partition coefficient (Wildman–Crippen LogP) is 3.85. The Hall–Kier alpha value is -2.29. The number of halogens is 1. The summed E-state index contributed by atoms with van der Waals surface area (Å²) in [4.78, 5) is 12.7. The molecular formula is C22H27ClN2O5S. The second-order valence-electron chi connectivity index (χ2n) is 7.34. The third-order valence-electron chi connectivity index (χ3n) is 5.28. The van der Waals surface area contributed by atoms with E-state index in [1.807, 2.05) is 6.07 Å². The van der Waals surface area contributed by atoms with Crippen molar-refractivity contribution >= 4 is 27.5 Å². The number of amides is 1. The summed E-state index contributed by atoms with van der Waals surface area (Å²) in [6, 6.07) is 9.68. The Balaban J connectivity index is 1.77. The average Bonchev–Trinajstić information content (AvgIpc) is 3.07. The van der Waals surface area contributed by atoms with Crippen molar-refractivity contribution in [2.75, 3.05) is 27.3 Å². The van der Waals surface area contributed by atoms with E-state index in [2.05, 4.69) is 5.32 Å². The fraction of sp³-hybridized carbons (Fsp3) is 0.409. The molecule has 1 fully saturated rings. The number of rotatable bonds is 7. The Morgan fingerprint density at radius 2 is 1.68 bits per heavy atom. The standard InChI is InChI=1S/C22H27ClN2O5S/c1-29-19-10-7-16(13-20(19)30-2)15-24-22(26)17-8-9-18(23)21(14-17)31(27,28)25-11-5-3-4-6-12-25/h7-10,13-14H,3-6,11-12,15H2,1-2H3,(H,24,26). The van der Waals surface area contributed by atoms with Crippen LogP contribution in [0.15, 0.2) is 41.3 Å². The Bertz CT molecular complexity index is 1030. The van der Waals surface area contributed by atoms with Crippen LogP contribution >= 0.6 is 11.6 Å². The van der Waals surface area contributed by atoms with Crippen molar-refractivity contribution in [3.63, 3.8) is 0 Å². The fourth-order valence-electron chi connectivity index (χ4n) is 3.54. The van der Waals surface area contributed by atoms with Gasteiger partial charge >= 0.3 is 0 Å². The van der Waals surface area contributed by atoms with Crippen LogP contribution in [0.25, 0.3) is 0 Å². The van der Waals surface area contributed by atoms with E-state index in [4.69, 9.17) is 21.1 Å². The number of nitrogens with one attached hydrogen (secondary N) is 1. The molecule has 0 aromatic heterocycles. The summed E-state index contributed by atoms with van der Waals surface area (Å²) in [6.45, 7) is 1.18. The van der Waals surface area contributed by atoms with Crippen molar-refractivity contribution in [1.29, 1.82) is 0 Å². The van der Waals surface area contributed by atoms with Gasteiger partial charge in [-0.1, -0.05) is 30.5 Å². The van der Waals surface area contributed by atoms with Crippen LogP contribution < -0.4 is 14.8 Å². The molecule has 0 bridgehead atoms. The molecule has 2 aromatic rings. The zero-order valence-electron chi connectivity index (χ0n) is 17.7. The number of carbonyl (C=O) groups excluding carboxylic acids is 1. The van der Waals surface area contributed by atoms with Crippen molar-refractivity contribution in [3.05, 3.63) is 52.5 Å². The number of sulfonamides is 1. The lowest BCUT2D eigenvalue weighted by atomic mass is 10.1. The molecule has 1 aliphatic heterocycles. The number of methoxy groups -OCH3 is 2. The van der Waals surface area contributed by atoms with Gasteiger partial charge in [0.25, 0.3) is 5.91 Å². The summed E-state index contributed by atoms with van der Waals surface area (Å²) in [7, 11) is -0.670. The maximum Gasteiger partial charge on any atom is 0.251 e. The van der Waals surface area contributed by atoms with Gasteiger partial charge in [-0.3, -0.25) is 4.79 Å². The van der Waals surface area contributed by atoms with Crippen LogP contribution in [0.5, 0.6) is 11.5 Å². The van der Waals surface area contributed by atoms with Gasteiger partial charge in [-0.05, 0) is 48.7 Å². The highest BCUT2D eigenvalue weighted by Gasteiger charge is 2.28. The van der Waals surface area contributed by atoms with Crippen molar-refractivity contribution in [3.8, 4) is 11.5 Å². The molecule has 3 rings (SSSR count). The molecule has 168 valence electrons. The Morgan fingerprint density at radius 3 is 2.32 bits per heavy atom. The smallest absolute Gasteiger partial charge is 0.251 e. The van der Waals surface area contributed by atoms with E-state index in [1.54, 1.807) is 26.4 Å². The van der Waals surface area contributed by atoms with Gasteiger partial charge in [-0.2, -0.15) is 4.31 Å². The van der Waals surface area contributed by atoms with Crippen molar-refractivity contribution < 1.29 is 22.7 Å². The third-order valence-corrected chi connectivity index (χ3v) is 7.66. The lowest BCUT2D eigenvalue weighted by Gasteiger charge is -2.21. The van der Waals surface area contributed by atoms with Crippen molar-refractivity contribution in [2.24, 2.45) is 0 Å².